The molecule has 3 N–H and O–H groups in total. The van der Waals surface area contributed by atoms with E-state index < -0.39 is 0 Å². The second kappa shape index (κ2) is 5.39. The molecular weight excluding hydrogens is 182 g/mol. The number of nitrogens with zero attached hydrogens (tertiary/aromatic N) is 2. The quantitative estimate of drug-likeness (QED) is 0.713. The van der Waals surface area contributed by atoms with Crippen LogP contribution in [0.1, 0.15) is 19.2 Å². The first-order valence-corrected chi connectivity index (χ1v) is 4.63. The van der Waals surface area contributed by atoms with Gasteiger partial charge in [-0.1, -0.05) is 6.92 Å². The van der Waals surface area contributed by atoms with Crippen LogP contribution >= 0.6 is 0 Å². The van der Waals surface area contributed by atoms with Crippen molar-refractivity contribution in [1.29, 1.82) is 0 Å². The first-order valence-electron chi connectivity index (χ1n) is 4.63. The van der Waals surface area contributed by atoms with Gasteiger partial charge in [-0.2, -0.15) is 4.98 Å². The number of aliphatic hydroxyl groups is 1. The third kappa shape index (κ3) is 3.18. The van der Waals surface area contributed by atoms with Gasteiger partial charge in [0.2, 0.25) is 5.88 Å². The van der Waals surface area contributed by atoms with Crippen molar-refractivity contribution in [3.05, 3.63) is 11.9 Å². The minimum absolute atomic E-state index is 0.0347. The largest absolute Gasteiger partial charge is 0.475 e. The van der Waals surface area contributed by atoms with Crippen LogP contribution in [0.5, 0.6) is 5.88 Å². The number of nitrogens with two attached hydrogens (primary N) is 1. The zero-order chi connectivity index (χ0) is 10.4. The van der Waals surface area contributed by atoms with Gasteiger partial charge in [0.15, 0.2) is 0 Å². The van der Waals surface area contributed by atoms with Gasteiger partial charge in [0.05, 0.1) is 6.61 Å². The highest BCUT2D eigenvalue weighted by molar-refractivity contribution is 5.32. The molecule has 0 bridgehead atoms. The minimum atomic E-state index is -0.0347. The number of nitrogen functional groups attached to an aromatic ring is 1. The highest BCUT2D eigenvalue weighted by Gasteiger charge is 2.02. The number of ether oxygens (including phenoxy) is 1. The molecule has 5 nitrogen and oxygen atoms in total. The van der Waals surface area contributed by atoms with Crippen LogP contribution in [-0.4, -0.2) is 28.3 Å². The van der Waals surface area contributed by atoms with E-state index in [4.69, 9.17) is 15.6 Å². The number of aliphatic hydroxyl groups excluding tert-OH is 1. The van der Waals surface area contributed by atoms with Crippen LogP contribution in [-0.2, 0) is 6.42 Å². The molecule has 1 aromatic heterocycles. The molecule has 0 aromatic carbocycles. The molecule has 1 heterocycles. The standard InChI is InChI=1S/C9H15N3O2/c1-2-3-8-11-7(10)6-9(12-8)14-5-4-13/h6,13H,2-5H2,1H3,(H2,10,11,12). The highest BCUT2D eigenvalue weighted by atomic mass is 16.5. The maximum atomic E-state index is 8.57. The predicted molar refractivity (Wildman–Crippen MR) is 53.0 cm³/mol. The molecule has 0 atom stereocenters. The Balaban J connectivity index is 2.73. The van der Waals surface area contributed by atoms with Gasteiger partial charge >= 0.3 is 0 Å². The maximum absolute atomic E-state index is 8.57. The van der Waals surface area contributed by atoms with E-state index in [-0.39, 0.29) is 13.2 Å². The summed E-state index contributed by atoms with van der Waals surface area (Å²) in [6.07, 6.45) is 1.74. The fourth-order valence-electron chi connectivity index (χ4n) is 1.05. The lowest BCUT2D eigenvalue weighted by Gasteiger charge is -2.05. The minimum Gasteiger partial charge on any atom is -0.475 e. The molecule has 1 rings (SSSR count). The van der Waals surface area contributed by atoms with Crippen molar-refractivity contribution in [3.8, 4) is 5.88 Å². The van der Waals surface area contributed by atoms with Gasteiger partial charge in [0.25, 0.3) is 0 Å². The number of aryl methyl sites for hydroxylation is 1. The van der Waals surface area contributed by atoms with E-state index in [9.17, 15) is 0 Å². The van der Waals surface area contributed by atoms with Crippen LogP contribution in [0.25, 0.3) is 0 Å². The molecule has 0 amide bonds. The monoisotopic (exact) mass is 197 g/mol. The number of hydrogen-bond donors (Lipinski definition) is 2. The van der Waals surface area contributed by atoms with Crippen molar-refractivity contribution in [3.63, 3.8) is 0 Å². The fourth-order valence-corrected chi connectivity index (χ4v) is 1.05. The molecule has 0 fully saturated rings. The lowest BCUT2D eigenvalue weighted by atomic mass is 10.3. The van der Waals surface area contributed by atoms with Crippen LogP contribution in [0.4, 0.5) is 5.82 Å². The summed E-state index contributed by atoms with van der Waals surface area (Å²) in [5.74, 6) is 1.51. The second-order valence-electron chi connectivity index (χ2n) is 2.87. The Morgan fingerprint density at radius 2 is 2.29 bits per heavy atom. The second-order valence-corrected chi connectivity index (χ2v) is 2.87. The normalized spacial score (nSPS) is 10.1. The number of hydrogen-bond acceptors (Lipinski definition) is 5. The Hall–Kier alpha value is -1.36. The molecular formula is C9H15N3O2. The topological polar surface area (TPSA) is 81.3 Å². The van der Waals surface area contributed by atoms with E-state index in [1.54, 1.807) is 6.07 Å². The van der Waals surface area contributed by atoms with Crippen LogP contribution < -0.4 is 10.5 Å². The van der Waals surface area contributed by atoms with Crippen LogP contribution in [0, 0.1) is 0 Å². The summed E-state index contributed by atoms with van der Waals surface area (Å²) in [6.45, 7) is 2.23. The average Bonchev–Trinajstić information content (AvgIpc) is 2.14. The van der Waals surface area contributed by atoms with Gasteiger partial charge < -0.3 is 15.6 Å². The summed E-state index contributed by atoms with van der Waals surface area (Å²) in [5, 5.41) is 8.57. The van der Waals surface area contributed by atoms with Gasteiger partial charge in [0, 0.05) is 12.5 Å². The zero-order valence-corrected chi connectivity index (χ0v) is 8.23. The van der Waals surface area contributed by atoms with Crippen LogP contribution in [0.15, 0.2) is 6.07 Å². The first-order chi connectivity index (χ1) is 6.76. The van der Waals surface area contributed by atoms with E-state index in [2.05, 4.69) is 9.97 Å². The molecule has 14 heavy (non-hydrogen) atoms. The van der Waals surface area contributed by atoms with Gasteiger partial charge in [0.1, 0.15) is 18.2 Å². The predicted octanol–water partition coefficient (Wildman–Crippen LogP) is 0.382. The summed E-state index contributed by atoms with van der Waals surface area (Å²) in [4.78, 5) is 8.19. The van der Waals surface area contributed by atoms with E-state index in [0.29, 0.717) is 17.5 Å². The van der Waals surface area contributed by atoms with Crippen molar-refractivity contribution >= 4 is 5.82 Å². The Morgan fingerprint density at radius 1 is 1.50 bits per heavy atom. The zero-order valence-electron chi connectivity index (χ0n) is 8.23. The maximum Gasteiger partial charge on any atom is 0.218 e. The highest BCUT2D eigenvalue weighted by Crippen LogP contribution is 2.11. The van der Waals surface area contributed by atoms with Gasteiger partial charge in [-0.25, -0.2) is 4.98 Å². The van der Waals surface area contributed by atoms with Gasteiger partial charge in [-0.3, -0.25) is 0 Å². The van der Waals surface area contributed by atoms with Crippen molar-refractivity contribution in [1.82, 2.24) is 9.97 Å². The molecule has 0 spiro atoms. The molecule has 0 aliphatic carbocycles. The Kier molecular flexibility index (Phi) is 4.12. The number of rotatable bonds is 5. The van der Waals surface area contributed by atoms with Crippen molar-refractivity contribution in [2.24, 2.45) is 0 Å². The molecule has 78 valence electrons. The summed E-state index contributed by atoms with van der Waals surface area (Å²) in [7, 11) is 0. The number of anilines is 1. The lowest BCUT2D eigenvalue weighted by molar-refractivity contribution is 0.196. The number of aromatic nitrogens is 2. The van der Waals surface area contributed by atoms with E-state index in [1.165, 1.54) is 0 Å². The Bertz CT molecular complexity index is 291. The molecule has 5 heteroatoms. The average molecular weight is 197 g/mol. The van der Waals surface area contributed by atoms with E-state index >= 15 is 0 Å². The smallest absolute Gasteiger partial charge is 0.218 e. The van der Waals surface area contributed by atoms with Gasteiger partial charge in [-0.15, -0.1) is 0 Å². The molecule has 0 radical (unpaired) electrons. The first kappa shape index (κ1) is 10.7. The van der Waals surface area contributed by atoms with E-state index in [0.717, 1.165) is 12.8 Å². The van der Waals surface area contributed by atoms with Gasteiger partial charge in [-0.05, 0) is 6.42 Å². The van der Waals surface area contributed by atoms with Crippen molar-refractivity contribution < 1.29 is 9.84 Å². The molecule has 0 aliphatic heterocycles. The van der Waals surface area contributed by atoms with Crippen molar-refractivity contribution in [2.45, 2.75) is 19.8 Å². The SMILES string of the molecule is CCCc1nc(N)cc(OCCO)n1. The third-order valence-corrected chi connectivity index (χ3v) is 1.58. The van der Waals surface area contributed by atoms with Crippen LogP contribution in [0.2, 0.25) is 0 Å². The summed E-state index contributed by atoms with van der Waals surface area (Å²) < 4.78 is 5.14. The third-order valence-electron chi connectivity index (χ3n) is 1.58. The fraction of sp³-hybridized carbons (Fsp3) is 0.556. The molecule has 0 aliphatic rings. The van der Waals surface area contributed by atoms with Crippen LogP contribution in [0.3, 0.4) is 0 Å². The lowest BCUT2D eigenvalue weighted by Crippen LogP contribution is -2.06. The van der Waals surface area contributed by atoms with E-state index in [1.807, 2.05) is 6.92 Å². The summed E-state index contributed by atoms with van der Waals surface area (Å²) in [5.41, 5.74) is 5.57. The summed E-state index contributed by atoms with van der Waals surface area (Å²) >= 11 is 0. The molecule has 0 unspecified atom stereocenters. The van der Waals surface area contributed by atoms with Crippen molar-refractivity contribution in [2.75, 3.05) is 18.9 Å². The molecule has 1 aromatic rings. The Labute approximate surface area is 82.9 Å². The molecule has 0 saturated carbocycles. The summed E-state index contributed by atoms with van der Waals surface area (Å²) in [6, 6.07) is 1.55. The molecule has 0 saturated heterocycles. The Morgan fingerprint density at radius 3 is 2.93 bits per heavy atom.